The molecule has 0 saturated carbocycles. The van der Waals surface area contributed by atoms with Gasteiger partial charge < -0.3 is 0 Å². The molecule has 0 radical (unpaired) electrons. The van der Waals surface area contributed by atoms with Crippen LogP contribution >= 0.6 is 35.6 Å². The summed E-state index contributed by atoms with van der Waals surface area (Å²) in [4.78, 5) is 21.5. The van der Waals surface area contributed by atoms with Gasteiger partial charge in [0.2, 0.25) is 5.24 Å². The Labute approximate surface area is 184 Å². The van der Waals surface area contributed by atoms with E-state index in [1.54, 1.807) is 24.3 Å². The third kappa shape index (κ3) is 12.3. The normalized spacial score (nSPS) is 18.0. The largest absolute Gasteiger partial charge is 0.280 e. The van der Waals surface area contributed by atoms with E-state index in [-0.39, 0.29) is 23.2 Å². The molecular formula is C21H31Cl3N2O2. The molecule has 0 bridgehead atoms. The highest BCUT2D eigenvalue weighted by Gasteiger charge is 2.31. The molecule has 1 atom stereocenters. The van der Waals surface area contributed by atoms with E-state index in [2.05, 4.69) is 11.5 Å². The van der Waals surface area contributed by atoms with Gasteiger partial charge in [-0.25, -0.2) is 0 Å². The second kappa shape index (κ2) is 13.1. The van der Waals surface area contributed by atoms with Crippen LogP contribution in [0.4, 0.5) is 0 Å². The Kier molecular flexibility index (Phi) is 13.6. The summed E-state index contributed by atoms with van der Waals surface area (Å²) in [5.41, 5.74) is 5.07. The Balaban J connectivity index is 0. The maximum atomic E-state index is 11.1. The summed E-state index contributed by atoms with van der Waals surface area (Å²) >= 11 is 10.7. The highest BCUT2D eigenvalue weighted by Crippen LogP contribution is 2.35. The molecule has 28 heavy (non-hydrogen) atoms. The van der Waals surface area contributed by atoms with Crippen LogP contribution in [0.25, 0.3) is 0 Å². The molecule has 0 aromatic heterocycles. The number of allylic oxidation sites excluding steroid dienone is 4. The third-order valence-electron chi connectivity index (χ3n) is 3.55. The van der Waals surface area contributed by atoms with Crippen LogP contribution in [0, 0.1) is 5.41 Å². The highest BCUT2D eigenvalue weighted by molar-refractivity contribution is 6.67. The molecule has 0 aliphatic heterocycles. The average Bonchev–Trinajstić information content (AvgIpc) is 2.55. The van der Waals surface area contributed by atoms with Gasteiger partial charge in [-0.1, -0.05) is 53.6 Å². The molecule has 1 aromatic rings. The third-order valence-corrected chi connectivity index (χ3v) is 4.20. The van der Waals surface area contributed by atoms with Crippen molar-refractivity contribution in [2.24, 2.45) is 11.3 Å². The van der Waals surface area contributed by atoms with Gasteiger partial charge in [0.25, 0.3) is 5.24 Å². The van der Waals surface area contributed by atoms with E-state index in [1.807, 2.05) is 53.7 Å². The molecule has 158 valence electrons. The molecular weight excluding hydrogens is 419 g/mol. The van der Waals surface area contributed by atoms with Gasteiger partial charge in [0.05, 0.1) is 5.41 Å². The van der Waals surface area contributed by atoms with Gasteiger partial charge in [0.15, 0.2) is 0 Å². The van der Waals surface area contributed by atoms with Gasteiger partial charge in [-0.2, -0.15) is 0 Å². The molecule has 1 aromatic carbocycles. The van der Waals surface area contributed by atoms with Crippen molar-refractivity contribution in [3.63, 3.8) is 0 Å². The maximum absolute atomic E-state index is 11.1. The lowest BCUT2D eigenvalue weighted by atomic mass is 9.79. The van der Waals surface area contributed by atoms with E-state index >= 15 is 0 Å². The fraction of sp³-hybridized carbons (Fsp3) is 0.429. The summed E-state index contributed by atoms with van der Waals surface area (Å²) in [5, 5.41) is -0.676. The lowest BCUT2D eigenvalue weighted by Gasteiger charge is -2.26. The van der Waals surface area contributed by atoms with Crippen molar-refractivity contribution in [1.82, 2.24) is 5.43 Å². The molecule has 0 fully saturated rings. The van der Waals surface area contributed by atoms with Crippen LogP contribution < -0.4 is 11.3 Å². The first-order valence-corrected chi connectivity index (χ1v) is 9.35. The Morgan fingerprint density at radius 2 is 1.57 bits per heavy atom. The number of hydrazine groups is 1. The molecule has 2 rings (SSSR count). The molecule has 0 heterocycles. The van der Waals surface area contributed by atoms with Gasteiger partial charge >= 0.3 is 0 Å². The predicted octanol–water partition coefficient (Wildman–Crippen LogP) is 5.79. The molecule has 7 heteroatoms. The highest BCUT2D eigenvalue weighted by atomic mass is 35.5. The summed E-state index contributed by atoms with van der Waals surface area (Å²) in [5.74, 6) is 5.06. The minimum atomic E-state index is -0.482. The standard InChI is InChI=1S/C10H13ClO.C7H5ClO.C4H12N2.ClH/c1-7-4-8(2)6-10(3,5-7)9(11)12;8-7(9)6-4-2-1-3-5-6;1-4(2,3)6-5;/h4-5H,6H2,1-3H3;1-5H;6H,5H2,1-3H3;1H. The second-order valence-corrected chi connectivity index (χ2v) is 8.47. The Morgan fingerprint density at radius 3 is 1.86 bits per heavy atom. The van der Waals surface area contributed by atoms with E-state index in [0.717, 1.165) is 12.0 Å². The zero-order valence-corrected chi connectivity index (χ0v) is 19.6. The minimum absolute atomic E-state index is 0. The zero-order valence-electron chi connectivity index (χ0n) is 17.3. The van der Waals surface area contributed by atoms with Gasteiger partial charge in [-0.05, 0) is 71.2 Å². The number of benzene rings is 1. The van der Waals surface area contributed by atoms with Crippen LogP contribution in [0.2, 0.25) is 0 Å². The molecule has 0 amide bonds. The van der Waals surface area contributed by atoms with E-state index in [9.17, 15) is 9.59 Å². The fourth-order valence-corrected chi connectivity index (χ4v) is 2.56. The van der Waals surface area contributed by atoms with Crippen molar-refractivity contribution < 1.29 is 9.59 Å². The summed E-state index contributed by atoms with van der Waals surface area (Å²) in [6.45, 7) is 11.9. The topological polar surface area (TPSA) is 72.2 Å². The number of carbonyl (C=O) groups is 2. The molecule has 0 saturated heterocycles. The average molecular weight is 450 g/mol. The van der Waals surface area contributed by atoms with Crippen LogP contribution in [-0.2, 0) is 4.79 Å². The summed E-state index contributed by atoms with van der Waals surface area (Å²) in [6.07, 6.45) is 4.77. The second-order valence-electron chi connectivity index (χ2n) is 7.78. The van der Waals surface area contributed by atoms with E-state index in [1.165, 1.54) is 5.57 Å². The Morgan fingerprint density at radius 1 is 1.11 bits per heavy atom. The van der Waals surface area contributed by atoms with Crippen LogP contribution in [0.15, 0.2) is 53.6 Å². The SMILES string of the molecule is CC(C)(C)NN.CC1=CC(C)(C(=O)Cl)CC(C)=C1.Cl.O=C(Cl)c1ccccc1. The van der Waals surface area contributed by atoms with Gasteiger partial charge in [0.1, 0.15) is 0 Å². The first kappa shape index (κ1) is 29.0. The molecule has 1 aliphatic carbocycles. The lowest BCUT2D eigenvalue weighted by molar-refractivity contribution is -0.117. The van der Waals surface area contributed by atoms with Crippen molar-refractivity contribution in [1.29, 1.82) is 0 Å². The number of hydrogen-bond donors (Lipinski definition) is 2. The molecule has 4 nitrogen and oxygen atoms in total. The number of rotatable bonds is 2. The number of nitrogens with one attached hydrogen (secondary N) is 1. The Bertz CT molecular complexity index is 695. The van der Waals surface area contributed by atoms with E-state index < -0.39 is 10.7 Å². The monoisotopic (exact) mass is 448 g/mol. The minimum Gasteiger partial charge on any atom is -0.280 e. The number of halogens is 3. The smallest absolute Gasteiger partial charge is 0.252 e. The van der Waals surface area contributed by atoms with Gasteiger partial charge in [0, 0.05) is 11.1 Å². The van der Waals surface area contributed by atoms with Crippen LogP contribution in [-0.4, -0.2) is 16.0 Å². The summed E-state index contributed by atoms with van der Waals surface area (Å²) in [6, 6.07) is 8.74. The first-order chi connectivity index (χ1) is 12.3. The zero-order chi connectivity index (χ0) is 21.3. The van der Waals surface area contributed by atoms with Crippen LogP contribution in [0.1, 0.15) is 58.3 Å². The summed E-state index contributed by atoms with van der Waals surface area (Å²) < 4.78 is 0. The molecule has 1 unspecified atom stereocenters. The number of carbonyl (C=O) groups excluding carboxylic acids is 2. The van der Waals surface area contributed by atoms with Crippen LogP contribution in [0.3, 0.4) is 0 Å². The Hall–Kier alpha value is -1.17. The first-order valence-electron chi connectivity index (χ1n) is 8.60. The van der Waals surface area contributed by atoms with E-state index in [4.69, 9.17) is 29.0 Å². The fourth-order valence-electron chi connectivity index (χ4n) is 2.31. The molecule has 3 N–H and O–H groups in total. The quantitative estimate of drug-likeness (QED) is 0.340. The lowest BCUT2D eigenvalue weighted by Crippen LogP contribution is -2.41. The van der Waals surface area contributed by atoms with Gasteiger partial charge in [-0.15, -0.1) is 12.4 Å². The summed E-state index contributed by atoms with van der Waals surface area (Å²) in [7, 11) is 0. The predicted molar refractivity (Wildman–Crippen MR) is 122 cm³/mol. The van der Waals surface area contributed by atoms with Gasteiger partial charge in [-0.3, -0.25) is 20.9 Å². The molecule has 1 aliphatic rings. The van der Waals surface area contributed by atoms with Crippen molar-refractivity contribution in [3.8, 4) is 0 Å². The van der Waals surface area contributed by atoms with Crippen molar-refractivity contribution in [3.05, 3.63) is 59.2 Å². The maximum Gasteiger partial charge on any atom is 0.252 e. The van der Waals surface area contributed by atoms with Crippen molar-refractivity contribution in [2.45, 2.75) is 53.5 Å². The van der Waals surface area contributed by atoms with Crippen LogP contribution in [0.5, 0.6) is 0 Å². The number of nitrogens with two attached hydrogens (primary N) is 1. The van der Waals surface area contributed by atoms with Crippen molar-refractivity contribution in [2.75, 3.05) is 0 Å². The number of hydrogen-bond acceptors (Lipinski definition) is 4. The van der Waals surface area contributed by atoms with E-state index in [0.29, 0.717) is 5.56 Å². The van der Waals surface area contributed by atoms with Crippen molar-refractivity contribution >= 4 is 46.1 Å². The molecule has 0 spiro atoms.